The number of carboxylic acids is 1. The van der Waals surface area contributed by atoms with Gasteiger partial charge in [0.2, 0.25) is 5.91 Å². The minimum Gasteiger partial charge on any atom is -0.478 e. The van der Waals surface area contributed by atoms with Crippen molar-refractivity contribution in [2.24, 2.45) is 5.92 Å². The standard InChI is InChI=1S/C26H23N3O5/c1-34-26(33)18-9-7-16(8-10-18)23-20-21(15-5-3-2-4-6-15)27-28-22(20)24(30)29(23)19-13-11-17(12-14-19)25(31)32/h2-14,20-23,27-28H,1H3,(H,31,32). The van der Waals surface area contributed by atoms with Crippen LogP contribution in [0.5, 0.6) is 0 Å². The van der Waals surface area contributed by atoms with Gasteiger partial charge in [0, 0.05) is 11.6 Å². The molecule has 2 aliphatic rings. The van der Waals surface area contributed by atoms with Crippen LogP contribution >= 0.6 is 0 Å². The Bertz CT molecular complexity index is 1230. The van der Waals surface area contributed by atoms with Crippen LogP contribution in [0.2, 0.25) is 0 Å². The minimum absolute atomic E-state index is 0.110. The summed E-state index contributed by atoms with van der Waals surface area (Å²) >= 11 is 0. The number of carboxylic acid groups (broad SMARTS) is 1. The number of ether oxygens (including phenoxy) is 1. The van der Waals surface area contributed by atoms with Gasteiger partial charge in [0.15, 0.2) is 0 Å². The van der Waals surface area contributed by atoms with Gasteiger partial charge in [-0.3, -0.25) is 4.79 Å². The van der Waals surface area contributed by atoms with Crippen molar-refractivity contribution in [1.82, 2.24) is 10.9 Å². The van der Waals surface area contributed by atoms with Gasteiger partial charge in [0.25, 0.3) is 0 Å². The molecule has 1 amide bonds. The number of benzene rings is 3. The van der Waals surface area contributed by atoms with E-state index in [1.54, 1.807) is 29.2 Å². The largest absolute Gasteiger partial charge is 0.478 e. The number of aromatic carboxylic acids is 1. The summed E-state index contributed by atoms with van der Waals surface area (Å²) in [6, 6.07) is 22.3. The fourth-order valence-electron chi connectivity index (χ4n) is 4.94. The molecule has 5 rings (SSSR count). The van der Waals surface area contributed by atoms with E-state index in [9.17, 15) is 19.5 Å². The van der Waals surface area contributed by atoms with Gasteiger partial charge in [-0.25, -0.2) is 20.4 Å². The van der Waals surface area contributed by atoms with Crippen LogP contribution in [0.3, 0.4) is 0 Å². The fourth-order valence-corrected chi connectivity index (χ4v) is 4.94. The van der Waals surface area contributed by atoms with Crippen LogP contribution in [0, 0.1) is 5.92 Å². The Kier molecular flexibility index (Phi) is 5.61. The lowest BCUT2D eigenvalue weighted by atomic mass is 9.83. The second-order valence-electron chi connectivity index (χ2n) is 8.35. The predicted molar refractivity (Wildman–Crippen MR) is 124 cm³/mol. The fraction of sp³-hybridized carbons (Fsp3) is 0.192. The highest BCUT2D eigenvalue weighted by atomic mass is 16.5. The lowest BCUT2D eigenvalue weighted by Gasteiger charge is -2.31. The number of carbonyl (C=O) groups excluding carboxylic acids is 2. The molecule has 2 fully saturated rings. The first-order valence-electron chi connectivity index (χ1n) is 10.9. The molecular weight excluding hydrogens is 434 g/mol. The predicted octanol–water partition coefficient (Wildman–Crippen LogP) is 3.09. The SMILES string of the molecule is COC(=O)c1ccc(C2C3C(NNC3c3ccccc3)C(=O)N2c2ccc(C(=O)O)cc2)cc1. The lowest BCUT2D eigenvalue weighted by molar-refractivity contribution is -0.119. The summed E-state index contributed by atoms with van der Waals surface area (Å²) in [5, 5.41) is 9.27. The maximum absolute atomic E-state index is 13.6. The van der Waals surface area contributed by atoms with Crippen molar-refractivity contribution in [3.8, 4) is 0 Å². The summed E-state index contributed by atoms with van der Waals surface area (Å²) in [5.41, 5.74) is 9.56. The number of methoxy groups -OCH3 is 1. The number of nitrogens with zero attached hydrogens (tertiary/aromatic N) is 1. The second kappa shape index (κ2) is 8.74. The Morgan fingerprint density at radius 2 is 1.44 bits per heavy atom. The van der Waals surface area contributed by atoms with Crippen LogP contribution in [-0.2, 0) is 9.53 Å². The number of hydrogen-bond acceptors (Lipinski definition) is 6. The van der Waals surface area contributed by atoms with Crippen LogP contribution in [0.1, 0.15) is 43.9 Å². The van der Waals surface area contributed by atoms with Crippen molar-refractivity contribution in [3.63, 3.8) is 0 Å². The Labute approximate surface area is 196 Å². The third-order valence-electron chi connectivity index (χ3n) is 6.53. The third kappa shape index (κ3) is 3.63. The van der Waals surface area contributed by atoms with Gasteiger partial charge in [-0.05, 0) is 47.5 Å². The van der Waals surface area contributed by atoms with Gasteiger partial charge >= 0.3 is 11.9 Å². The molecule has 0 aromatic heterocycles. The Morgan fingerprint density at radius 1 is 0.824 bits per heavy atom. The number of amides is 1. The van der Waals surface area contributed by atoms with Crippen molar-refractivity contribution >= 4 is 23.5 Å². The highest BCUT2D eigenvalue weighted by Crippen LogP contribution is 2.48. The number of hydrogen-bond donors (Lipinski definition) is 3. The van der Waals surface area contributed by atoms with E-state index < -0.39 is 18.0 Å². The van der Waals surface area contributed by atoms with Crippen molar-refractivity contribution in [2.45, 2.75) is 18.1 Å². The summed E-state index contributed by atoms with van der Waals surface area (Å²) in [5.74, 6) is -1.72. The normalized spacial score (nSPS) is 23.6. The topological polar surface area (TPSA) is 108 Å². The highest BCUT2D eigenvalue weighted by molar-refractivity contribution is 6.02. The maximum Gasteiger partial charge on any atom is 0.337 e. The molecule has 3 aromatic rings. The summed E-state index contributed by atoms with van der Waals surface area (Å²) in [6.45, 7) is 0. The van der Waals surface area contributed by atoms with E-state index in [-0.39, 0.29) is 29.5 Å². The molecule has 34 heavy (non-hydrogen) atoms. The average Bonchev–Trinajstić information content (AvgIpc) is 3.43. The Morgan fingerprint density at radius 3 is 2.06 bits per heavy atom. The summed E-state index contributed by atoms with van der Waals surface area (Å²) in [7, 11) is 1.33. The molecule has 3 N–H and O–H groups in total. The van der Waals surface area contributed by atoms with Crippen molar-refractivity contribution in [3.05, 3.63) is 101 Å². The zero-order valence-corrected chi connectivity index (χ0v) is 18.3. The van der Waals surface area contributed by atoms with Gasteiger partial charge in [-0.1, -0.05) is 42.5 Å². The van der Waals surface area contributed by atoms with E-state index >= 15 is 0 Å². The van der Waals surface area contributed by atoms with Gasteiger partial charge in [0.1, 0.15) is 6.04 Å². The molecule has 172 valence electrons. The van der Waals surface area contributed by atoms with Crippen molar-refractivity contribution < 1.29 is 24.2 Å². The lowest BCUT2D eigenvalue weighted by Crippen LogP contribution is -2.41. The van der Waals surface area contributed by atoms with Crippen molar-refractivity contribution in [2.75, 3.05) is 12.0 Å². The summed E-state index contributed by atoms with van der Waals surface area (Å²) < 4.78 is 4.81. The average molecular weight is 457 g/mol. The van der Waals surface area contributed by atoms with E-state index in [1.807, 2.05) is 42.5 Å². The van der Waals surface area contributed by atoms with E-state index in [0.717, 1.165) is 11.1 Å². The molecule has 4 unspecified atom stereocenters. The second-order valence-corrected chi connectivity index (χ2v) is 8.35. The molecule has 0 bridgehead atoms. The molecule has 4 atom stereocenters. The zero-order valence-electron chi connectivity index (χ0n) is 18.3. The smallest absolute Gasteiger partial charge is 0.337 e. The molecule has 8 nitrogen and oxygen atoms in total. The Balaban J connectivity index is 1.59. The number of esters is 1. The van der Waals surface area contributed by atoms with Crippen molar-refractivity contribution in [1.29, 1.82) is 0 Å². The molecule has 2 heterocycles. The van der Waals surface area contributed by atoms with E-state index in [2.05, 4.69) is 10.9 Å². The van der Waals surface area contributed by atoms with Gasteiger partial charge in [-0.15, -0.1) is 0 Å². The number of anilines is 1. The van der Waals surface area contributed by atoms with E-state index in [4.69, 9.17) is 4.74 Å². The molecule has 0 spiro atoms. The highest BCUT2D eigenvalue weighted by Gasteiger charge is 2.55. The van der Waals surface area contributed by atoms with Crippen LogP contribution < -0.4 is 15.8 Å². The number of hydrazine groups is 1. The minimum atomic E-state index is -1.03. The summed E-state index contributed by atoms with van der Waals surface area (Å²) in [6.07, 6.45) is 0. The first-order valence-corrected chi connectivity index (χ1v) is 10.9. The van der Waals surface area contributed by atoms with Gasteiger partial charge in [0.05, 0.1) is 30.3 Å². The number of fused-ring (bicyclic) bond motifs is 1. The third-order valence-corrected chi connectivity index (χ3v) is 6.53. The van der Waals surface area contributed by atoms with Crippen LogP contribution in [0.25, 0.3) is 0 Å². The number of rotatable bonds is 5. The van der Waals surface area contributed by atoms with Crippen LogP contribution in [0.4, 0.5) is 5.69 Å². The Hall–Kier alpha value is -4.01. The van der Waals surface area contributed by atoms with Gasteiger partial charge < -0.3 is 14.7 Å². The van der Waals surface area contributed by atoms with Crippen LogP contribution in [0.15, 0.2) is 78.9 Å². The summed E-state index contributed by atoms with van der Waals surface area (Å²) in [4.78, 5) is 38.6. The molecule has 2 aliphatic heterocycles. The molecule has 0 aliphatic carbocycles. The molecular formula is C26H23N3O5. The molecule has 3 aromatic carbocycles. The van der Waals surface area contributed by atoms with E-state index in [0.29, 0.717) is 11.3 Å². The molecule has 2 saturated heterocycles. The van der Waals surface area contributed by atoms with E-state index in [1.165, 1.54) is 19.2 Å². The number of carbonyl (C=O) groups is 3. The molecule has 8 heteroatoms. The maximum atomic E-state index is 13.6. The van der Waals surface area contributed by atoms with Gasteiger partial charge in [-0.2, -0.15) is 0 Å². The monoisotopic (exact) mass is 457 g/mol. The molecule has 0 radical (unpaired) electrons. The first-order chi connectivity index (χ1) is 16.5. The first kappa shape index (κ1) is 21.8. The molecule has 0 saturated carbocycles. The number of nitrogens with one attached hydrogen (secondary N) is 2. The quantitative estimate of drug-likeness (QED) is 0.505. The zero-order chi connectivity index (χ0) is 23.8. The van der Waals surface area contributed by atoms with Crippen LogP contribution in [-0.4, -0.2) is 36.1 Å².